The van der Waals surface area contributed by atoms with Crippen molar-refractivity contribution in [3.05, 3.63) is 28.2 Å². The van der Waals surface area contributed by atoms with Gasteiger partial charge in [0.1, 0.15) is 17.6 Å². The molecule has 0 aliphatic carbocycles. The Morgan fingerprint density at radius 2 is 2.52 bits per heavy atom. The van der Waals surface area contributed by atoms with Crippen LogP contribution in [0, 0.1) is 0 Å². The molecule has 112 valence electrons. The van der Waals surface area contributed by atoms with Gasteiger partial charge in [0.2, 0.25) is 0 Å². The Labute approximate surface area is 126 Å². The summed E-state index contributed by atoms with van der Waals surface area (Å²) in [5.74, 6) is 1.42. The topological polar surface area (TPSA) is 84.0 Å². The standard InChI is InChI=1S/C13H17N5O2S/c1-2-3-11-15-12(17-16-11)10-6-18(4-5-20-10)13(19)9-7-21-8-14-9/h7-8,10H,2-6H2,1H3,(H,15,16,17)/t10-/m0/s1. The van der Waals surface area contributed by atoms with Crippen LogP contribution in [0.3, 0.4) is 0 Å². The van der Waals surface area contributed by atoms with Gasteiger partial charge in [-0.25, -0.2) is 9.97 Å². The number of rotatable bonds is 4. The third-order valence-electron chi connectivity index (χ3n) is 3.33. The van der Waals surface area contributed by atoms with E-state index >= 15 is 0 Å². The van der Waals surface area contributed by atoms with Crippen LogP contribution in [-0.4, -0.2) is 50.7 Å². The van der Waals surface area contributed by atoms with Crippen LogP contribution in [0.1, 0.15) is 41.6 Å². The summed E-state index contributed by atoms with van der Waals surface area (Å²) in [6.07, 6.45) is 1.60. The predicted molar refractivity (Wildman–Crippen MR) is 77.1 cm³/mol. The highest BCUT2D eigenvalue weighted by Gasteiger charge is 2.29. The molecule has 0 spiro atoms. The van der Waals surface area contributed by atoms with Gasteiger partial charge in [0.25, 0.3) is 5.91 Å². The highest BCUT2D eigenvalue weighted by atomic mass is 32.1. The van der Waals surface area contributed by atoms with E-state index in [9.17, 15) is 4.79 Å². The number of H-pyrrole nitrogens is 1. The van der Waals surface area contributed by atoms with E-state index < -0.39 is 0 Å². The van der Waals surface area contributed by atoms with E-state index in [0.717, 1.165) is 18.7 Å². The fraction of sp³-hybridized carbons (Fsp3) is 0.538. The number of nitrogens with zero attached hydrogens (tertiary/aromatic N) is 4. The summed E-state index contributed by atoms with van der Waals surface area (Å²) in [7, 11) is 0. The molecule has 0 bridgehead atoms. The van der Waals surface area contributed by atoms with Gasteiger partial charge in [-0.1, -0.05) is 6.92 Å². The maximum Gasteiger partial charge on any atom is 0.273 e. The SMILES string of the molecule is CCCc1nc([C@@H]2CN(C(=O)c3cscn3)CCO2)n[nH]1. The molecule has 0 unspecified atom stereocenters. The molecular weight excluding hydrogens is 290 g/mol. The summed E-state index contributed by atoms with van der Waals surface area (Å²) >= 11 is 1.42. The molecule has 1 aliphatic heterocycles. The Morgan fingerprint density at radius 3 is 3.29 bits per heavy atom. The third-order valence-corrected chi connectivity index (χ3v) is 3.92. The van der Waals surface area contributed by atoms with E-state index in [1.165, 1.54) is 11.3 Å². The van der Waals surface area contributed by atoms with Crippen molar-refractivity contribution < 1.29 is 9.53 Å². The zero-order valence-corrected chi connectivity index (χ0v) is 12.6. The van der Waals surface area contributed by atoms with Gasteiger partial charge in [-0.05, 0) is 6.42 Å². The molecule has 0 radical (unpaired) electrons. The van der Waals surface area contributed by atoms with E-state index in [1.807, 2.05) is 0 Å². The van der Waals surface area contributed by atoms with Gasteiger partial charge >= 0.3 is 0 Å². The second kappa shape index (κ2) is 6.31. The molecule has 2 aromatic rings. The quantitative estimate of drug-likeness (QED) is 0.923. The van der Waals surface area contributed by atoms with Crippen LogP contribution in [-0.2, 0) is 11.2 Å². The first-order chi connectivity index (χ1) is 10.3. The summed E-state index contributed by atoms with van der Waals surface area (Å²) in [4.78, 5) is 22.6. The van der Waals surface area contributed by atoms with Gasteiger partial charge in [0.05, 0.1) is 18.7 Å². The lowest BCUT2D eigenvalue weighted by Gasteiger charge is -2.31. The predicted octanol–water partition coefficient (Wildman–Crippen LogP) is 1.43. The summed E-state index contributed by atoms with van der Waals surface area (Å²) in [5, 5.41) is 8.89. The number of carbonyl (C=O) groups excluding carboxylic acids is 1. The van der Waals surface area contributed by atoms with Gasteiger partial charge in [-0.3, -0.25) is 9.89 Å². The molecule has 1 N–H and O–H groups in total. The maximum absolute atomic E-state index is 12.3. The molecule has 1 aliphatic rings. The number of carbonyl (C=O) groups is 1. The van der Waals surface area contributed by atoms with Crippen molar-refractivity contribution in [2.75, 3.05) is 19.7 Å². The number of hydrogen-bond acceptors (Lipinski definition) is 6. The second-order valence-electron chi connectivity index (χ2n) is 4.87. The van der Waals surface area contributed by atoms with Crippen molar-refractivity contribution >= 4 is 17.2 Å². The Balaban J connectivity index is 1.69. The summed E-state index contributed by atoms with van der Waals surface area (Å²) < 4.78 is 5.70. The van der Waals surface area contributed by atoms with Crippen LogP contribution in [0.4, 0.5) is 0 Å². The first-order valence-electron chi connectivity index (χ1n) is 6.98. The van der Waals surface area contributed by atoms with Crippen LogP contribution in [0.25, 0.3) is 0 Å². The summed E-state index contributed by atoms with van der Waals surface area (Å²) in [6.45, 7) is 3.60. The van der Waals surface area contributed by atoms with E-state index in [2.05, 4.69) is 27.1 Å². The van der Waals surface area contributed by atoms with Crippen LogP contribution < -0.4 is 0 Å². The molecule has 1 fully saturated rings. The number of morpholine rings is 1. The molecule has 1 amide bonds. The average molecular weight is 307 g/mol. The van der Waals surface area contributed by atoms with Crippen molar-refractivity contribution in [1.82, 2.24) is 25.1 Å². The van der Waals surface area contributed by atoms with Crippen LogP contribution in [0.2, 0.25) is 0 Å². The fourth-order valence-corrected chi connectivity index (χ4v) is 2.80. The molecule has 3 rings (SSSR count). The minimum atomic E-state index is -0.275. The minimum Gasteiger partial charge on any atom is -0.366 e. The average Bonchev–Trinajstić information content (AvgIpc) is 3.18. The van der Waals surface area contributed by atoms with Crippen LogP contribution >= 0.6 is 11.3 Å². The number of nitrogens with one attached hydrogen (secondary N) is 1. The number of aryl methyl sites for hydroxylation is 1. The summed E-state index contributed by atoms with van der Waals surface area (Å²) in [6, 6.07) is 0. The third kappa shape index (κ3) is 3.11. The Bertz CT molecular complexity index is 597. The van der Waals surface area contributed by atoms with E-state index in [-0.39, 0.29) is 12.0 Å². The normalized spacial score (nSPS) is 18.9. The molecule has 1 saturated heterocycles. The molecular formula is C13H17N5O2S. The highest BCUT2D eigenvalue weighted by Crippen LogP contribution is 2.20. The maximum atomic E-state index is 12.3. The van der Waals surface area contributed by atoms with Gasteiger partial charge in [-0.15, -0.1) is 11.3 Å². The second-order valence-corrected chi connectivity index (χ2v) is 5.59. The number of ether oxygens (including phenoxy) is 1. The Hall–Kier alpha value is -1.80. The van der Waals surface area contributed by atoms with Crippen molar-refractivity contribution in [3.8, 4) is 0 Å². The van der Waals surface area contributed by atoms with Crippen molar-refractivity contribution in [3.63, 3.8) is 0 Å². The molecule has 3 heterocycles. The minimum absolute atomic E-state index is 0.0612. The highest BCUT2D eigenvalue weighted by molar-refractivity contribution is 7.07. The van der Waals surface area contributed by atoms with Gasteiger partial charge in [0.15, 0.2) is 5.82 Å². The molecule has 8 heteroatoms. The van der Waals surface area contributed by atoms with Crippen LogP contribution in [0.15, 0.2) is 10.9 Å². The zero-order chi connectivity index (χ0) is 14.7. The van der Waals surface area contributed by atoms with Crippen molar-refractivity contribution in [2.45, 2.75) is 25.9 Å². The number of aromatic nitrogens is 4. The largest absolute Gasteiger partial charge is 0.366 e. The lowest BCUT2D eigenvalue weighted by molar-refractivity contribution is -0.0268. The summed E-state index contributed by atoms with van der Waals surface area (Å²) in [5.41, 5.74) is 2.15. The lowest BCUT2D eigenvalue weighted by Crippen LogP contribution is -2.42. The van der Waals surface area contributed by atoms with E-state index in [1.54, 1.807) is 15.8 Å². The van der Waals surface area contributed by atoms with Crippen molar-refractivity contribution in [2.24, 2.45) is 0 Å². The van der Waals surface area contributed by atoms with Crippen LogP contribution in [0.5, 0.6) is 0 Å². The van der Waals surface area contributed by atoms with Gasteiger partial charge in [0, 0.05) is 18.3 Å². The van der Waals surface area contributed by atoms with Crippen molar-refractivity contribution in [1.29, 1.82) is 0 Å². The molecule has 0 saturated carbocycles. The van der Waals surface area contributed by atoms with Gasteiger partial charge in [-0.2, -0.15) is 5.10 Å². The molecule has 21 heavy (non-hydrogen) atoms. The molecule has 1 atom stereocenters. The number of amides is 1. The molecule has 7 nitrogen and oxygen atoms in total. The van der Waals surface area contributed by atoms with E-state index in [4.69, 9.17) is 4.74 Å². The first kappa shape index (κ1) is 14.2. The molecule has 2 aromatic heterocycles. The Kier molecular flexibility index (Phi) is 4.26. The van der Waals surface area contributed by atoms with E-state index in [0.29, 0.717) is 31.2 Å². The fourth-order valence-electron chi connectivity index (χ4n) is 2.27. The number of hydrogen-bond donors (Lipinski definition) is 1. The zero-order valence-electron chi connectivity index (χ0n) is 11.8. The molecule has 0 aromatic carbocycles. The Morgan fingerprint density at radius 1 is 1.62 bits per heavy atom. The lowest BCUT2D eigenvalue weighted by atomic mass is 10.2. The smallest absolute Gasteiger partial charge is 0.273 e. The van der Waals surface area contributed by atoms with Gasteiger partial charge < -0.3 is 9.64 Å². The monoisotopic (exact) mass is 307 g/mol. The number of aromatic amines is 1. The number of thiazole rings is 1. The first-order valence-corrected chi connectivity index (χ1v) is 7.92.